The standard InChI is InChI=1S/C30H38O3/c1-28(2,3)18-10-12-25(31)21(14-18)23-16-20(30(7,8)9)17-24(27(23)33)22-15-19(29(4,5)6)11-13-26(22)32/h10-17,31-33H,1-9H3. The average Bonchev–Trinajstić information content (AvgIpc) is 2.66. The van der Waals surface area contributed by atoms with Crippen molar-refractivity contribution in [1.29, 1.82) is 0 Å². The second-order valence-corrected chi connectivity index (χ2v) is 12.1. The third-order valence-electron chi connectivity index (χ3n) is 6.28. The topological polar surface area (TPSA) is 60.7 Å². The first-order valence-electron chi connectivity index (χ1n) is 11.6. The van der Waals surface area contributed by atoms with Gasteiger partial charge in [-0.05, 0) is 69.3 Å². The second kappa shape index (κ2) is 8.13. The molecule has 3 rings (SSSR count). The second-order valence-electron chi connectivity index (χ2n) is 12.1. The molecular weight excluding hydrogens is 408 g/mol. The van der Waals surface area contributed by atoms with Crippen LogP contribution in [0.15, 0.2) is 48.5 Å². The highest BCUT2D eigenvalue weighted by molar-refractivity contribution is 5.87. The highest BCUT2D eigenvalue weighted by atomic mass is 16.3. The van der Waals surface area contributed by atoms with Crippen LogP contribution in [0.5, 0.6) is 17.2 Å². The molecule has 0 saturated heterocycles. The van der Waals surface area contributed by atoms with Crippen LogP contribution in [-0.2, 0) is 16.2 Å². The molecule has 0 atom stereocenters. The van der Waals surface area contributed by atoms with Gasteiger partial charge in [-0.15, -0.1) is 0 Å². The maximum absolute atomic E-state index is 11.5. The molecule has 0 fully saturated rings. The summed E-state index contributed by atoms with van der Waals surface area (Å²) in [5.74, 6) is 0.275. The summed E-state index contributed by atoms with van der Waals surface area (Å²) in [5.41, 5.74) is 4.99. The Kier molecular flexibility index (Phi) is 6.08. The average molecular weight is 447 g/mol. The molecule has 0 aromatic heterocycles. The molecule has 3 N–H and O–H groups in total. The van der Waals surface area contributed by atoms with Gasteiger partial charge in [0.15, 0.2) is 0 Å². The summed E-state index contributed by atoms with van der Waals surface area (Å²) in [6.07, 6.45) is 0. The molecule has 0 amide bonds. The Hall–Kier alpha value is -2.94. The zero-order valence-electron chi connectivity index (χ0n) is 21.5. The van der Waals surface area contributed by atoms with Crippen LogP contribution in [-0.4, -0.2) is 15.3 Å². The minimum absolute atomic E-state index is 0.0470. The van der Waals surface area contributed by atoms with E-state index < -0.39 is 0 Å². The predicted molar refractivity (Wildman–Crippen MR) is 138 cm³/mol. The van der Waals surface area contributed by atoms with Crippen LogP contribution >= 0.6 is 0 Å². The lowest BCUT2D eigenvalue weighted by molar-refractivity contribution is 0.465. The number of phenolic OH excluding ortho intramolecular Hbond substituents is 3. The predicted octanol–water partition coefficient (Wildman–Crippen LogP) is 8.03. The number of benzene rings is 3. The zero-order chi connectivity index (χ0) is 24.9. The molecule has 0 aliphatic rings. The molecule has 0 heterocycles. The zero-order valence-corrected chi connectivity index (χ0v) is 21.5. The minimum atomic E-state index is -0.203. The summed E-state index contributed by atoms with van der Waals surface area (Å²) < 4.78 is 0. The van der Waals surface area contributed by atoms with E-state index in [2.05, 4.69) is 62.3 Å². The van der Waals surface area contributed by atoms with Gasteiger partial charge >= 0.3 is 0 Å². The first kappa shape index (κ1) is 24.7. The molecular formula is C30H38O3. The Morgan fingerprint density at radius 3 is 1.03 bits per heavy atom. The Balaban J connectivity index is 2.39. The molecule has 0 saturated carbocycles. The molecule has 0 spiro atoms. The minimum Gasteiger partial charge on any atom is -0.507 e. The van der Waals surface area contributed by atoms with Crippen LogP contribution in [0.25, 0.3) is 22.3 Å². The smallest absolute Gasteiger partial charge is 0.131 e. The summed E-state index contributed by atoms with van der Waals surface area (Å²) in [7, 11) is 0. The van der Waals surface area contributed by atoms with Crippen molar-refractivity contribution in [2.24, 2.45) is 0 Å². The van der Waals surface area contributed by atoms with E-state index in [9.17, 15) is 15.3 Å². The van der Waals surface area contributed by atoms with Crippen molar-refractivity contribution in [2.45, 2.75) is 78.6 Å². The highest BCUT2D eigenvalue weighted by Gasteiger charge is 2.25. The molecule has 0 bridgehead atoms. The van der Waals surface area contributed by atoms with Crippen molar-refractivity contribution in [3.63, 3.8) is 0 Å². The molecule has 0 aliphatic heterocycles. The molecule has 3 heteroatoms. The molecule has 176 valence electrons. The monoisotopic (exact) mass is 446 g/mol. The van der Waals surface area contributed by atoms with E-state index in [1.165, 1.54) is 0 Å². The van der Waals surface area contributed by atoms with Gasteiger partial charge in [0.05, 0.1) is 0 Å². The van der Waals surface area contributed by atoms with E-state index in [0.717, 1.165) is 16.7 Å². The Labute approximate surface area is 198 Å². The summed E-state index contributed by atoms with van der Waals surface area (Å²) in [4.78, 5) is 0. The third-order valence-corrected chi connectivity index (χ3v) is 6.28. The summed E-state index contributed by atoms with van der Waals surface area (Å²) in [5, 5.41) is 33.1. The van der Waals surface area contributed by atoms with Crippen LogP contribution in [0.3, 0.4) is 0 Å². The quantitative estimate of drug-likeness (QED) is 0.373. The van der Waals surface area contributed by atoms with Gasteiger partial charge in [0.25, 0.3) is 0 Å². The number of phenols is 3. The van der Waals surface area contributed by atoms with Gasteiger partial charge in [-0.2, -0.15) is 0 Å². The van der Waals surface area contributed by atoms with Gasteiger partial charge in [-0.1, -0.05) is 74.4 Å². The van der Waals surface area contributed by atoms with Crippen molar-refractivity contribution in [3.05, 3.63) is 65.2 Å². The van der Waals surface area contributed by atoms with Crippen LogP contribution in [0, 0.1) is 0 Å². The van der Waals surface area contributed by atoms with Gasteiger partial charge in [-0.3, -0.25) is 0 Å². The fourth-order valence-corrected chi connectivity index (χ4v) is 3.91. The van der Waals surface area contributed by atoms with Crippen molar-refractivity contribution in [2.75, 3.05) is 0 Å². The van der Waals surface area contributed by atoms with Gasteiger partial charge < -0.3 is 15.3 Å². The van der Waals surface area contributed by atoms with E-state index in [1.54, 1.807) is 12.1 Å². The number of hydrogen-bond donors (Lipinski definition) is 3. The molecule has 3 nitrogen and oxygen atoms in total. The van der Waals surface area contributed by atoms with Crippen molar-refractivity contribution < 1.29 is 15.3 Å². The van der Waals surface area contributed by atoms with E-state index in [4.69, 9.17) is 0 Å². The first-order valence-corrected chi connectivity index (χ1v) is 11.6. The van der Waals surface area contributed by atoms with Gasteiger partial charge in [-0.25, -0.2) is 0 Å². The van der Waals surface area contributed by atoms with E-state index in [1.807, 2.05) is 36.4 Å². The first-order chi connectivity index (χ1) is 15.0. The van der Waals surface area contributed by atoms with Crippen molar-refractivity contribution >= 4 is 0 Å². The van der Waals surface area contributed by atoms with Gasteiger partial charge in [0.2, 0.25) is 0 Å². The number of aromatic hydroxyl groups is 3. The molecule has 0 unspecified atom stereocenters. The largest absolute Gasteiger partial charge is 0.507 e. The SMILES string of the molecule is CC(C)(C)c1ccc(O)c(-c2cc(C(C)(C)C)cc(-c3cc(C(C)(C)C)ccc3O)c2O)c1. The number of hydrogen-bond acceptors (Lipinski definition) is 3. The summed E-state index contributed by atoms with van der Waals surface area (Å²) in [6.45, 7) is 19.1. The van der Waals surface area contributed by atoms with Gasteiger partial charge in [0, 0.05) is 22.3 Å². The Morgan fingerprint density at radius 2 is 0.727 bits per heavy atom. The third kappa shape index (κ3) is 5.03. The highest BCUT2D eigenvalue weighted by Crippen LogP contribution is 2.47. The van der Waals surface area contributed by atoms with E-state index in [0.29, 0.717) is 22.3 Å². The lowest BCUT2D eigenvalue weighted by atomic mass is 9.80. The van der Waals surface area contributed by atoms with Crippen LogP contribution in [0.2, 0.25) is 0 Å². The van der Waals surface area contributed by atoms with Crippen LogP contribution in [0.1, 0.15) is 79.0 Å². The molecule has 0 radical (unpaired) electrons. The van der Waals surface area contributed by atoms with Gasteiger partial charge in [0.1, 0.15) is 17.2 Å². The summed E-state index contributed by atoms with van der Waals surface area (Å²) in [6, 6.07) is 15.0. The lowest BCUT2D eigenvalue weighted by Gasteiger charge is -2.25. The van der Waals surface area contributed by atoms with E-state index in [-0.39, 0.29) is 33.5 Å². The van der Waals surface area contributed by atoms with E-state index >= 15 is 0 Å². The van der Waals surface area contributed by atoms with Crippen LogP contribution in [0.4, 0.5) is 0 Å². The maximum Gasteiger partial charge on any atom is 0.131 e. The fourth-order valence-electron chi connectivity index (χ4n) is 3.91. The maximum atomic E-state index is 11.5. The molecule has 3 aromatic carbocycles. The van der Waals surface area contributed by atoms with Crippen molar-refractivity contribution in [1.82, 2.24) is 0 Å². The molecule has 3 aromatic rings. The normalized spacial score (nSPS) is 12.8. The number of rotatable bonds is 2. The molecule has 33 heavy (non-hydrogen) atoms. The summed E-state index contributed by atoms with van der Waals surface area (Å²) >= 11 is 0. The van der Waals surface area contributed by atoms with Crippen molar-refractivity contribution in [3.8, 4) is 39.5 Å². The lowest BCUT2D eigenvalue weighted by Crippen LogP contribution is -2.13. The molecule has 0 aliphatic carbocycles. The fraction of sp³-hybridized carbons (Fsp3) is 0.400. The Bertz CT molecular complexity index is 1100. The van der Waals surface area contributed by atoms with Crippen LogP contribution < -0.4 is 0 Å². The Morgan fingerprint density at radius 1 is 0.424 bits per heavy atom.